The Hall–Kier alpha value is -2.14. The third kappa shape index (κ3) is 3.80. The lowest BCUT2D eigenvalue weighted by Crippen LogP contribution is -2.72. The summed E-state index contributed by atoms with van der Waals surface area (Å²) in [7, 11) is 0. The van der Waals surface area contributed by atoms with Crippen molar-refractivity contribution in [3.8, 4) is 0 Å². The van der Waals surface area contributed by atoms with E-state index in [4.69, 9.17) is 33.4 Å². The van der Waals surface area contributed by atoms with Crippen molar-refractivity contribution >= 4 is 30.1 Å². The highest BCUT2D eigenvalue weighted by Gasteiger charge is 2.89. The van der Waals surface area contributed by atoms with Gasteiger partial charge < -0.3 is 28.2 Å². The molecule has 0 N–H and O–H groups in total. The number of fused-ring (bicyclic) bond motifs is 1. The zero-order valence-electron chi connectivity index (χ0n) is 26.2. The van der Waals surface area contributed by atoms with Crippen molar-refractivity contribution in [2.75, 3.05) is 32.8 Å². The summed E-state index contributed by atoms with van der Waals surface area (Å²) in [4.78, 5) is 34.9. The molecule has 2 spiro atoms. The van der Waals surface area contributed by atoms with Crippen LogP contribution in [0.4, 0.5) is 0 Å². The van der Waals surface area contributed by atoms with Gasteiger partial charge in [0, 0.05) is 34.3 Å². The summed E-state index contributed by atoms with van der Waals surface area (Å²) >= 11 is 0. The molecule has 0 unspecified atom stereocenters. The van der Waals surface area contributed by atoms with Gasteiger partial charge in [-0.2, -0.15) is 0 Å². The van der Waals surface area contributed by atoms with Gasteiger partial charge in [0.15, 0.2) is 6.10 Å². The van der Waals surface area contributed by atoms with Gasteiger partial charge in [0.1, 0.15) is 24.9 Å². The normalized spacial score (nSPS) is 46.3. The highest BCUT2D eigenvalue weighted by Crippen LogP contribution is 2.80. The number of likely N-dealkylation sites (tertiary alicyclic amines) is 1. The monoisotopic (exact) mass is 632 g/mol. The molecule has 5 aliphatic heterocycles. The Morgan fingerprint density at radius 3 is 2.57 bits per heavy atom. The van der Waals surface area contributed by atoms with Crippen molar-refractivity contribution in [1.82, 2.24) is 4.90 Å². The van der Waals surface area contributed by atoms with Crippen molar-refractivity contribution in [3.63, 3.8) is 0 Å². The second-order valence-corrected chi connectivity index (χ2v) is 15.0. The van der Waals surface area contributed by atoms with Gasteiger partial charge in [0.25, 0.3) is 0 Å². The summed E-state index contributed by atoms with van der Waals surface area (Å²) in [5.41, 5.74) is -1.21. The maximum absolute atomic E-state index is 13.6. The van der Waals surface area contributed by atoms with Gasteiger partial charge >= 0.3 is 11.9 Å². The first-order chi connectivity index (χ1) is 20.6. The van der Waals surface area contributed by atoms with Gasteiger partial charge in [-0.15, -0.1) is 12.4 Å². The minimum atomic E-state index is -0.853. The van der Waals surface area contributed by atoms with E-state index in [1.165, 1.54) is 19.3 Å². The molecule has 8 rings (SSSR count). The number of nitrogens with zero attached hydrogens (tertiary/aromatic N) is 2. The Bertz CT molecular complexity index is 1340. The van der Waals surface area contributed by atoms with Crippen LogP contribution in [0.2, 0.25) is 0 Å². The first-order valence-electron chi connectivity index (χ1n) is 16.2. The summed E-state index contributed by atoms with van der Waals surface area (Å²) in [6, 6.07) is 1.88. The molecule has 2 aliphatic carbocycles. The summed E-state index contributed by atoms with van der Waals surface area (Å²) < 4.78 is 31.0. The first-order valence-corrected chi connectivity index (χ1v) is 16.2. The number of oxime groups is 1. The molecular weight excluding hydrogens is 588 g/mol. The van der Waals surface area contributed by atoms with Crippen LogP contribution >= 0.6 is 12.4 Å². The molecule has 11 heteroatoms. The molecule has 9 atom stereocenters. The fraction of sp³-hybridized carbons (Fsp3) is 0.788. The minimum absolute atomic E-state index is 0. The number of cyclic esters (lactones) is 2. The number of hydrogen-bond acceptors (Lipinski definition) is 10. The fourth-order valence-corrected chi connectivity index (χ4v) is 11.0. The van der Waals surface area contributed by atoms with Gasteiger partial charge in [-0.3, -0.25) is 9.69 Å². The predicted molar refractivity (Wildman–Crippen MR) is 160 cm³/mol. The number of carbonyl (C=O) groups is 2. The third-order valence-electron chi connectivity index (χ3n) is 12.9. The fourth-order valence-electron chi connectivity index (χ4n) is 11.0. The molecule has 5 saturated heterocycles. The quantitative estimate of drug-likeness (QED) is 0.195. The zero-order valence-corrected chi connectivity index (χ0v) is 27.0. The Balaban J connectivity index is 0.00000312. The molecule has 0 amide bonds. The third-order valence-corrected chi connectivity index (χ3v) is 12.9. The molecule has 10 nitrogen and oxygen atoms in total. The number of halogens is 1. The Labute approximate surface area is 264 Å². The molecule has 7 fully saturated rings. The van der Waals surface area contributed by atoms with Gasteiger partial charge in [-0.25, -0.2) is 4.79 Å². The van der Waals surface area contributed by atoms with E-state index in [9.17, 15) is 9.59 Å². The SMILES string of the molecule is CC1(C)O[C@H]2CC(=O)OC[C@]23[C@H]2CC[C@@]4(C)[C@H](c5ccoc5)OC(=O)[C@H]5O[C@]54[C@]2(C)/C(=N\OCCN2CCCCC2)C[C@@H]13.Cl. The lowest BCUT2D eigenvalue weighted by Gasteiger charge is -2.65. The van der Waals surface area contributed by atoms with E-state index < -0.39 is 39.7 Å². The highest BCUT2D eigenvalue weighted by molar-refractivity contribution is 5.96. The van der Waals surface area contributed by atoms with Crippen LogP contribution in [0, 0.1) is 28.1 Å². The van der Waals surface area contributed by atoms with Crippen LogP contribution in [-0.4, -0.2) is 78.8 Å². The van der Waals surface area contributed by atoms with E-state index in [2.05, 4.69) is 32.6 Å². The number of ether oxygens (including phenoxy) is 4. The Kier molecular flexibility index (Phi) is 7.06. The number of furan rings is 1. The molecule has 44 heavy (non-hydrogen) atoms. The molecule has 0 radical (unpaired) electrons. The molecule has 2 saturated carbocycles. The molecule has 0 aromatic carbocycles. The zero-order chi connectivity index (χ0) is 29.8. The van der Waals surface area contributed by atoms with Crippen LogP contribution in [-0.2, 0) is 33.4 Å². The summed E-state index contributed by atoms with van der Waals surface area (Å²) in [6.07, 6.45) is 8.03. The number of hydrogen-bond donors (Lipinski definition) is 0. The van der Waals surface area contributed by atoms with Gasteiger partial charge in [-0.05, 0) is 71.0 Å². The van der Waals surface area contributed by atoms with Gasteiger partial charge in [-0.1, -0.05) is 25.4 Å². The molecule has 0 bridgehead atoms. The number of carbonyl (C=O) groups excluding carboxylic acids is 2. The van der Waals surface area contributed by atoms with Crippen molar-refractivity contribution in [3.05, 3.63) is 24.2 Å². The van der Waals surface area contributed by atoms with E-state index >= 15 is 0 Å². The maximum atomic E-state index is 13.6. The van der Waals surface area contributed by atoms with Gasteiger partial charge in [0.2, 0.25) is 0 Å². The van der Waals surface area contributed by atoms with Crippen LogP contribution in [0.25, 0.3) is 0 Å². The number of rotatable bonds is 5. The first kappa shape index (κ1) is 30.5. The summed E-state index contributed by atoms with van der Waals surface area (Å²) in [5.74, 6) is -0.490. The average molecular weight is 633 g/mol. The number of epoxide rings is 1. The van der Waals surface area contributed by atoms with Crippen LogP contribution in [0.15, 0.2) is 28.2 Å². The Morgan fingerprint density at radius 1 is 1.02 bits per heavy atom. The molecule has 1 aromatic rings. The maximum Gasteiger partial charge on any atom is 0.339 e. The van der Waals surface area contributed by atoms with E-state index in [0.717, 1.165) is 43.8 Å². The Morgan fingerprint density at radius 2 is 1.82 bits per heavy atom. The van der Waals surface area contributed by atoms with Crippen molar-refractivity contribution < 1.29 is 37.8 Å². The second-order valence-electron chi connectivity index (χ2n) is 15.0. The van der Waals surface area contributed by atoms with Crippen molar-refractivity contribution in [1.29, 1.82) is 0 Å². The lowest BCUT2D eigenvalue weighted by molar-refractivity contribution is -0.209. The second kappa shape index (κ2) is 10.2. The van der Waals surface area contributed by atoms with Crippen molar-refractivity contribution in [2.24, 2.45) is 33.2 Å². The smallest absolute Gasteiger partial charge is 0.339 e. The van der Waals surface area contributed by atoms with E-state index in [1.807, 2.05) is 6.07 Å². The molecular formula is C33H45ClN2O8. The highest BCUT2D eigenvalue weighted by atomic mass is 35.5. The topological polar surface area (TPSA) is 112 Å². The van der Waals surface area contributed by atoms with Crippen LogP contribution in [0.3, 0.4) is 0 Å². The average Bonchev–Trinajstić information content (AvgIpc) is 3.46. The van der Waals surface area contributed by atoms with Crippen molar-refractivity contribution in [2.45, 2.75) is 102 Å². The van der Waals surface area contributed by atoms with E-state index in [-0.39, 0.29) is 48.7 Å². The molecule has 1 aromatic heterocycles. The largest absolute Gasteiger partial charge is 0.472 e. The number of piperidine rings is 1. The van der Waals surface area contributed by atoms with Crippen LogP contribution in [0.1, 0.15) is 84.3 Å². The van der Waals surface area contributed by atoms with Crippen LogP contribution in [0.5, 0.6) is 0 Å². The predicted octanol–water partition coefficient (Wildman–Crippen LogP) is 4.85. The van der Waals surface area contributed by atoms with Crippen LogP contribution < -0.4 is 0 Å². The van der Waals surface area contributed by atoms with E-state index in [1.54, 1.807) is 12.5 Å². The minimum Gasteiger partial charge on any atom is -0.472 e. The molecule has 6 heterocycles. The molecule has 242 valence electrons. The summed E-state index contributed by atoms with van der Waals surface area (Å²) in [5, 5.41) is 4.98. The molecule has 7 aliphatic rings. The lowest BCUT2D eigenvalue weighted by atomic mass is 9.37. The summed E-state index contributed by atoms with van der Waals surface area (Å²) in [6.45, 7) is 12.6. The van der Waals surface area contributed by atoms with Gasteiger partial charge in [0.05, 0.1) is 36.4 Å². The number of esters is 2. The standard InChI is InChI=1S/C33H44N2O8.ClH/c1-29(2)22-16-23(34-40-15-13-35-11-6-5-7-12-35)31(4)21(32(22)19-39-25(36)17-24(32)42-29)8-10-30(3)26(20-9-14-38-18-20)41-28(37)27-33(30,31)43-27;/h9,14,18,21-22,24,26-27H,5-8,10-13,15-17,19H2,1-4H3;1H/b34-23-;/t21-,22-,24-,26-,27+,30-,31-,32+,33+;/m0./s1. The van der Waals surface area contributed by atoms with E-state index in [0.29, 0.717) is 19.6 Å².